The van der Waals surface area contributed by atoms with E-state index in [2.05, 4.69) is 5.10 Å². The molecule has 0 unspecified atom stereocenters. The summed E-state index contributed by atoms with van der Waals surface area (Å²) in [5.74, 6) is 0.303. The van der Waals surface area contributed by atoms with Crippen LogP contribution in [0.5, 0.6) is 0 Å². The van der Waals surface area contributed by atoms with E-state index in [0.29, 0.717) is 5.76 Å². The van der Waals surface area contributed by atoms with Gasteiger partial charge in [0.1, 0.15) is 11.4 Å². The number of hydrogen-bond acceptors (Lipinski definition) is 2. The Kier molecular flexibility index (Phi) is 1.83. The molecule has 0 radical (unpaired) electrons. The molecule has 0 aliphatic carbocycles. The van der Waals surface area contributed by atoms with Gasteiger partial charge in [-0.2, -0.15) is 18.3 Å². The van der Waals surface area contributed by atoms with Crippen molar-refractivity contribution < 1.29 is 17.6 Å². The largest absolute Gasteiger partial charge is 0.463 e. The van der Waals surface area contributed by atoms with Crippen molar-refractivity contribution in [2.45, 2.75) is 6.18 Å². The number of aromatic amines is 1. The van der Waals surface area contributed by atoms with Gasteiger partial charge in [0.2, 0.25) is 0 Å². The quantitative estimate of drug-likeness (QED) is 0.772. The van der Waals surface area contributed by atoms with Crippen LogP contribution in [-0.4, -0.2) is 10.2 Å². The highest BCUT2D eigenvalue weighted by Gasteiger charge is 2.33. The van der Waals surface area contributed by atoms with E-state index in [0.717, 1.165) is 6.07 Å². The van der Waals surface area contributed by atoms with Crippen molar-refractivity contribution in [3.8, 4) is 11.5 Å². The van der Waals surface area contributed by atoms with Gasteiger partial charge >= 0.3 is 6.18 Å². The van der Waals surface area contributed by atoms with E-state index in [1.807, 2.05) is 5.10 Å². The Hall–Kier alpha value is -1.72. The van der Waals surface area contributed by atoms with Crippen molar-refractivity contribution in [1.82, 2.24) is 10.2 Å². The molecule has 0 saturated heterocycles. The van der Waals surface area contributed by atoms with Gasteiger partial charge in [0.15, 0.2) is 5.76 Å². The predicted molar refractivity (Wildman–Crippen MR) is 41.3 cm³/mol. The van der Waals surface area contributed by atoms with E-state index in [1.165, 1.54) is 12.3 Å². The first-order valence-electron chi connectivity index (χ1n) is 3.74. The van der Waals surface area contributed by atoms with Crippen molar-refractivity contribution >= 4 is 0 Å². The van der Waals surface area contributed by atoms with Gasteiger partial charge < -0.3 is 4.42 Å². The second-order valence-electron chi connectivity index (χ2n) is 2.64. The molecule has 2 aromatic heterocycles. The molecule has 0 bridgehead atoms. The van der Waals surface area contributed by atoms with E-state index in [1.54, 1.807) is 6.07 Å². The van der Waals surface area contributed by atoms with Crippen LogP contribution >= 0.6 is 0 Å². The Bertz CT molecular complexity index is 416. The standard InChI is InChI=1S/C8H5F3N2O/c9-8(10,11)7-4-5(12-13-7)6-2-1-3-14-6/h1-4H,(H,12,13). The monoisotopic (exact) mass is 202 g/mol. The molecule has 0 atom stereocenters. The summed E-state index contributed by atoms with van der Waals surface area (Å²) in [4.78, 5) is 0. The molecule has 2 rings (SSSR count). The van der Waals surface area contributed by atoms with Gasteiger partial charge in [-0.15, -0.1) is 0 Å². The van der Waals surface area contributed by atoms with E-state index in [4.69, 9.17) is 4.42 Å². The molecule has 0 saturated carbocycles. The van der Waals surface area contributed by atoms with Gasteiger partial charge in [0.25, 0.3) is 0 Å². The number of nitrogens with zero attached hydrogens (tertiary/aromatic N) is 1. The first-order valence-corrected chi connectivity index (χ1v) is 3.74. The highest BCUT2D eigenvalue weighted by atomic mass is 19.4. The zero-order valence-corrected chi connectivity index (χ0v) is 6.80. The maximum Gasteiger partial charge on any atom is 0.432 e. The van der Waals surface area contributed by atoms with Crippen LogP contribution in [0.25, 0.3) is 11.5 Å². The average Bonchev–Trinajstić information content (AvgIpc) is 2.73. The maximum atomic E-state index is 12.1. The minimum atomic E-state index is -4.40. The molecule has 0 aliphatic rings. The molecule has 6 heteroatoms. The molecule has 3 nitrogen and oxygen atoms in total. The van der Waals surface area contributed by atoms with Gasteiger partial charge in [-0.1, -0.05) is 0 Å². The third-order valence-corrected chi connectivity index (χ3v) is 1.66. The van der Waals surface area contributed by atoms with Crippen LogP contribution in [0.4, 0.5) is 13.2 Å². The van der Waals surface area contributed by atoms with Crippen LogP contribution in [0.3, 0.4) is 0 Å². The fraction of sp³-hybridized carbons (Fsp3) is 0.125. The van der Waals surface area contributed by atoms with Gasteiger partial charge in [-0.3, -0.25) is 5.10 Å². The van der Waals surface area contributed by atoms with Gasteiger partial charge in [-0.05, 0) is 18.2 Å². The first kappa shape index (κ1) is 8.86. The number of hydrogen-bond donors (Lipinski definition) is 1. The molecule has 2 aromatic rings. The topological polar surface area (TPSA) is 41.8 Å². The molecule has 74 valence electrons. The normalized spacial score (nSPS) is 11.9. The van der Waals surface area contributed by atoms with Crippen LogP contribution in [0.2, 0.25) is 0 Å². The van der Waals surface area contributed by atoms with Crippen molar-refractivity contribution in [2.24, 2.45) is 0 Å². The minimum absolute atomic E-state index is 0.141. The number of aromatic nitrogens is 2. The molecule has 0 aromatic carbocycles. The SMILES string of the molecule is FC(F)(F)c1cc(-c2ccco2)n[nH]1. The third kappa shape index (κ3) is 1.50. The number of H-pyrrole nitrogens is 1. The summed E-state index contributed by atoms with van der Waals surface area (Å²) >= 11 is 0. The Morgan fingerprint density at radius 1 is 1.36 bits per heavy atom. The summed E-state index contributed by atoms with van der Waals surface area (Å²) in [7, 11) is 0. The van der Waals surface area contributed by atoms with Crippen molar-refractivity contribution in [3.63, 3.8) is 0 Å². The van der Waals surface area contributed by atoms with Crippen LogP contribution < -0.4 is 0 Å². The smallest absolute Gasteiger partial charge is 0.432 e. The average molecular weight is 202 g/mol. The zero-order chi connectivity index (χ0) is 10.2. The lowest BCUT2D eigenvalue weighted by atomic mass is 10.3. The Labute approximate surface area is 76.5 Å². The Morgan fingerprint density at radius 3 is 2.64 bits per heavy atom. The number of halogens is 3. The minimum Gasteiger partial charge on any atom is -0.463 e. The van der Waals surface area contributed by atoms with Gasteiger partial charge in [-0.25, -0.2) is 0 Å². The molecule has 14 heavy (non-hydrogen) atoms. The number of furan rings is 1. The predicted octanol–water partition coefficient (Wildman–Crippen LogP) is 2.69. The maximum absolute atomic E-state index is 12.1. The molecule has 0 amide bonds. The molecule has 0 spiro atoms. The number of rotatable bonds is 1. The van der Waals surface area contributed by atoms with Crippen molar-refractivity contribution in [1.29, 1.82) is 0 Å². The van der Waals surface area contributed by atoms with Crippen molar-refractivity contribution in [3.05, 3.63) is 30.2 Å². The Morgan fingerprint density at radius 2 is 2.14 bits per heavy atom. The zero-order valence-electron chi connectivity index (χ0n) is 6.80. The summed E-state index contributed by atoms with van der Waals surface area (Å²) in [6, 6.07) is 4.02. The van der Waals surface area contributed by atoms with E-state index in [-0.39, 0.29) is 5.69 Å². The van der Waals surface area contributed by atoms with Crippen LogP contribution in [0.1, 0.15) is 5.69 Å². The molecular formula is C8H5F3N2O. The molecule has 1 N–H and O–H groups in total. The lowest BCUT2D eigenvalue weighted by Crippen LogP contribution is -2.04. The van der Waals surface area contributed by atoms with Gasteiger partial charge in [0, 0.05) is 0 Å². The molecular weight excluding hydrogens is 197 g/mol. The highest BCUT2D eigenvalue weighted by Crippen LogP contribution is 2.30. The van der Waals surface area contributed by atoms with Crippen LogP contribution in [-0.2, 0) is 6.18 Å². The molecule has 0 aliphatic heterocycles. The number of nitrogens with one attached hydrogen (secondary N) is 1. The summed E-state index contributed by atoms with van der Waals surface area (Å²) in [6.07, 6.45) is -3.03. The second kappa shape index (κ2) is 2.90. The van der Waals surface area contributed by atoms with E-state index < -0.39 is 11.9 Å². The molecule has 2 heterocycles. The second-order valence-corrected chi connectivity index (χ2v) is 2.64. The van der Waals surface area contributed by atoms with Gasteiger partial charge in [0.05, 0.1) is 6.26 Å². The lowest BCUT2D eigenvalue weighted by Gasteiger charge is -1.99. The summed E-state index contributed by atoms with van der Waals surface area (Å²) in [5, 5.41) is 5.39. The van der Waals surface area contributed by atoms with Crippen molar-refractivity contribution in [2.75, 3.05) is 0 Å². The Balaban J connectivity index is 2.36. The summed E-state index contributed by atoms with van der Waals surface area (Å²) < 4.78 is 41.3. The first-order chi connectivity index (χ1) is 6.57. The van der Waals surface area contributed by atoms with Crippen LogP contribution in [0.15, 0.2) is 28.9 Å². The summed E-state index contributed by atoms with van der Waals surface area (Å²) in [6.45, 7) is 0. The third-order valence-electron chi connectivity index (χ3n) is 1.66. The van der Waals surface area contributed by atoms with E-state index >= 15 is 0 Å². The van der Waals surface area contributed by atoms with E-state index in [9.17, 15) is 13.2 Å². The lowest BCUT2D eigenvalue weighted by molar-refractivity contribution is -0.141. The summed E-state index contributed by atoms with van der Waals surface area (Å²) in [5.41, 5.74) is -0.744. The highest BCUT2D eigenvalue weighted by molar-refractivity contribution is 5.51. The van der Waals surface area contributed by atoms with Crippen LogP contribution in [0, 0.1) is 0 Å². The molecule has 0 fully saturated rings. The fourth-order valence-electron chi connectivity index (χ4n) is 1.02. The fourth-order valence-corrected chi connectivity index (χ4v) is 1.02. The number of alkyl halides is 3.